The molecule has 0 amide bonds. The quantitative estimate of drug-likeness (QED) is 0.307. The first kappa shape index (κ1) is 10.9. The molecule has 0 aromatic carbocycles. The predicted molar refractivity (Wildman–Crippen MR) is 55.5 cm³/mol. The molecule has 1 heterocycles. The molecule has 17 heavy (non-hydrogen) atoms. The molecule has 3 aliphatic rings. The molecule has 3 rings (SSSR count). The zero-order valence-electron chi connectivity index (χ0n) is 9.66. The molecular weight excluding hydrogens is 224 g/mol. The Labute approximate surface area is 98.7 Å². The van der Waals surface area contributed by atoms with Gasteiger partial charge in [0, 0.05) is 20.1 Å². The first-order chi connectivity index (χ1) is 8.19. The van der Waals surface area contributed by atoms with Crippen molar-refractivity contribution in [2.45, 2.75) is 6.29 Å². The molecule has 1 saturated heterocycles. The molecule has 0 radical (unpaired) electrons. The van der Waals surface area contributed by atoms with Gasteiger partial charge in [0.05, 0.1) is 11.8 Å². The SMILES string of the molecule is COC(OC)C1[C@H]2C=C[C@@H]1[C@@H]1C(=O)OC(=O)[C@@H]12. The Hall–Kier alpha value is -1.20. The molecule has 2 bridgehead atoms. The van der Waals surface area contributed by atoms with Gasteiger partial charge in [0.25, 0.3) is 0 Å². The number of allylic oxidation sites excluding steroid dienone is 2. The molecule has 0 N–H and O–H groups in total. The molecular formula is C12H14O5. The van der Waals surface area contributed by atoms with E-state index in [2.05, 4.69) is 0 Å². The van der Waals surface area contributed by atoms with Gasteiger partial charge in [-0.2, -0.15) is 0 Å². The Morgan fingerprint density at radius 3 is 1.94 bits per heavy atom. The van der Waals surface area contributed by atoms with Gasteiger partial charge in [-0.1, -0.05) is 12.2 Å². The van der Waals surface area contributed by atoms with E-state index in [1.807, 2.05) is 12.2 Å². The van der Waals surface area contributed by atoms with Crippen LogP contribution in [0.3, 0.4) is 0 Å². The Morgan fingerprint density at radius 2 is 1.53 bits per heavy atom. The lowest BCUT2D eigenvalue weighted by Crippen LogP contribution is -2.31. The molecule has 1 unspecified atom stereocenters. The molecule has 2 aliphatic carbocycles. The molecule has 5 atom stereocenters. The lowest BCUT2D eigenvalue weighted by Gasteiger charge is -2.25. The smallest absolute Gasteiger partial charge is 0.318 e. The van der Waals surface area contributed by atoms with Crippen LogP contribution in [0.15, 0.2) is 12.2 Å². The maximum atomic E-state index is 11.6. The summed E-state index contributed by atoms with van der Waals surface area (Å²) in [7, 11) is 3.14. The fourth-order valence-corrected chi connectivity index (χ4v) is 3.58. The number of esters is 2. The van der Waals surface area contributed by atoms with E-state index in [4.69, 9.17) is 14.2 Å². The van der Waals surface area contributed by atoms with E-state index < -0.39 is 11.9 Å². The second-order valence-electron chi connectivity index (χ2n) is 4.75. The summed E-state index contributed by atoms with van der Waals surface area (Å²) in [5.41, 5.74) is 0. The minimum atomic E-state index is -0.396. The van der Waals surface area contributed by atoms with Crippen LogP contribution < -0.4 is 0 Å². The number of hydrogen-bond acceptors (Lipinski definition) is 5. The lowest BCUT2D eigenvalue weighted by molar-refractivity contribution is -0.162. The van der Waals surface area contributed by atoms with Crippen molar-refractivity contribution in [3.8, 4) is 0 Å². The molecule has 0 aromatic heterocycles. The zero-order chi connectivity index (χ0) is 12.2. The van der Waals surface area contributed by atoms with Crippen molar-refractivity contribution in [2.24, 2.45) is 29.6 Å². The van der Waals surface area contributed by atoms with Crippen molar-refractivity contribution in [1.29, 1.82) is 0 Å². The van der Waals surface area contributed by atoms with Crippen molar-refractivity contribution < 1.29 is 23.8 Å². The number of cyclic esters (lactones) is 2. The summed E-state index contributed by atoms with van der Waals surface area (Å²) < 4.78 is 15.3. The minimum Gasteiger partial charge on any atom is -0.393 e. The molecule has 1 aliphatic heterocycles. The summed E-state index contributed by atoms with van der Waals surface area (Å²) in [5.74, 6) is -1.44. The van der Waals surface area contributed by atoms with Crippen molar-refractivity contribution >= 4 is 11.9 Å². The third kappa shape index (κ3) is 1.26. The second-order valence-corrected chi connectivity index (χ2v) is 4.75. The van der Waals surface area contributed by atoms with E-state index >= 15 is 0 Å². The third-order valence-corrected chi connectivity index (χ3v) is 4.19. The minimum absolute atomic E-state index is 0.00569. The highest BCUT2D eigenvalue weighted by molar-refractivity contribution is 5.98. The highest BCUT2D eigenvalue weighted by Crippen LogP contribution is 2.56. The van der Waals surface area contributed by atoms with Crippen LogP contribution in [0.5, 0.6) is 0 Å². The van der Waals surface area contributed by atoms with Gasteiger partial charge in [-0.15, -0.1) is 0 Å². The van der Waals surface area contributed by atoms with Gasteiger partial charge < -0.3 is 14.2 Å². The number of methoxy groups -OCH3 is 2. The van der Waals surface area contributed by atoms with Gasteiger partial charge in [0.2, 0.25) is 0 Å². The first-order valence-electron chi connectivity index (χ1n) is 5.68. The highest BCUT2D eigenvalue weighted by Gasteiger charge is 2.64. The molecule has 0 aromatic rings. The van der Waals surface area contributed by atoms with Crippen LogP contribution in [-0.2, 0) is 23.8 Å². The van der Waals surface area contributed by atoms with Gasteiger partial charge in [0.15, 0.2) is 6.29 Å². The topological polar surface area (TPSA) is 61.8 Å². The highest BCUT2D eigenvalue weighted by atomic mass is 16.7. The fraction of sp³-hybridized carbons (Fsp3) is 0.667. The Balaban J connectivity index is 1.94. The summed E-state index contributed by atoms with van der Waals surface area (Å²) in [6.07, 6.45) is 3.59. The number of rotatable bonds is 3. The van der Waals surface area contributed by atoms with Gasteiger partial charge in [-0.25, -0.2) is 0 Å². The summed E-state index contributed by atoms with van der Waals surface area (Å²) in [6, 6.07) is 0. The predicted octanol–water partition coefficient (Wildman–Crippen LogP) is 0.353. The third-order valence-electron chi connectivity index (χ3n) is 4.19. The Bertz CT molecular complexity index is 368. The molecule has 5 nitrogen and oxygen atoms in total. The molecule has 5 heteroatoms. The van der Waals surface area contributed by atoms with Crippen LogP contribution in [0.25, 0.3) is 0 Å². The van der Waals surface area contributed by atoms with Crippen LogP contribution >= 0.6 is 0 Å². The average molecular weight is 238 g/mol. The van der Waals surface area contributed by atoms with E-state index in [9.17, 15) is 9.59 Å². The van der Waals surface area contributed by atoms with Crippen LogP contribution in [0.4, 0.5) is 0 Å². The number of carbonyl (C=O) groups is 2. The second kappa shape index (κ2) is 3.65. The standard InChI is InChI=1S/C12H14O5/c1-15-12(16-2)7-5-3-4-6(7)9-8(5)10(13)17-11(9)14/h3-9,12H,1-2H3/t5-,6+,7?,8-,9+. The molecule has 1 saturated carbocycles. The van der Waals surface area contributed by atoms with Crippen LogP contribution in [0, 0.1) is 29.6 Å². The normalized spacial score (nSPS) is 42.4. The van der Waals surface area contributed by atoms with Crippen molar-refractivity contribution in [2.75, 3.05) is 14.2 Å². The van der Waals surface area contributed by atoms with E-state index in [1.54, 1.807) is 14.2 Å². The maximum Gasteiger partial charge on any atom is 0.318 e. The fourth-order valence-electron chi connectivity index (χ4n) is 3.58. The summed E-state index contributed by atoms with van der Waals surface area (Å²) >= 11 is 0. The van der Waals surface area contributed by atoms with Gasteiger partial charge in [-0.05, 0) is 11.8 Å². The van der Waals surface area contributed by atoms with E-state index in [1.165, 1.54) is 0 Å². The summed E-state index contributed by atoms with van der Waals surface area (Å²) in [6.45, 7) is 0. The Kier molecular flexibility index (Phi) is 2.34. The number of fused-ring (bicyclic) bond motifs is 5. The maximum absolute atomic E-state index is 11.6. The number of ether oxygens (including phenoxy) is 3. The largest absolute Gasteiger partial charge is 0.393 e. The lowest BCUT2D eigenvalue weighted by atomic mass is 9.85. The molecule has 92 valence electrons. The van der Waals surface area contributed by atoms with Crippen molar-refractivity contribution in [3.05, 3.63) is 12.2 Å². The van der Waals surface area contributed by atoms with E-state index in [-0.39, 0.29) is 35.9 Å². The summed E-state index contributed by atoms with van der Waals surface area (Å²) in [5, 5.41) is 0. The van der Waals surface area contributed by atoms with Gasteiger partial charge in [-0.3, -0.25) is 9.59 Å². The number of carbonyl (C=O) groups excluding carboxylic acids is 2. The molecule has 0 spiro atoms. The van der Waals surface area contributed by atoms with Gasteiger partial charge >= 0.3 is 11.9 Å². The number of hydrogen-bond donors (Lipinski definition) is 0. The zero-order valence-corrected chi connectivity index (χ0v) is 9.66. The van der Waals surface area contributed by atoms with Crippen molar-refractivity contribution in [1.82, 2.24) is 0 Å². The Morgan fingerprint density at radius 1 is 1.06 bits per heavy atom. The van der Waals surface area contributed by atoms with Crippen LogP contribution in [0.2, 0.25) is 0 Å². The molecule has 2 fully saturated rings. The van der Waals surface area contributed by atoms with Crippen LogP contribution in [-0.4, -0.2) is 32.4 Å². The monoisotopic (exact) mass is 238 g/mol. The van der Waals surface area contributed by atoms with Gasteiger partial charge in [0.1, 0.15) is 0 Å². The summed E-state index contributed by atoms with van der Waals surface area (Å²) in [4.78, 5) is 23.3. The van der Waals surface area contributed by atoms with Crippen LogP contribution in [0.1, 0.15) is 0 Å². The van der Waals surface area contributed by atoms with E-state index in [0.29, 0.717) is 0 Å². The van der Waals surface area contributed by atoms with E-state index in [0.717, 1.165) is 0 Å². The van der Waals surface area contributed by atoms with Crippen molar-refractivity contribution in [3.63, 3.8) is 0 Å². The average Bonchev–Trinajstić information content (AvgIpc) is 2.94. The first-order valence-corrected chi connectivity index (χ1v) is 5.68.